The molecule has 6 nitrogen and oxygen atoms in total. The Morgan fingerprint density at radius 1 is 0.933 bits per heavy atom. The molecule has 0 spiro atoms. The van der Waals surface area contributed by atoms with Crippen molar-refractivity contribution in [1.29, 1.82) is 0 Å². The van der Waals surface area contributed by atoms with E-state index in [2.05, 4.69) is 58.2 Å². The zero-order chi connectivity index (χ0) is 31.9. The van der Waals surface area contributed by atoms with Crippen LogP contribution in [0.1, 0.15) is 44.9 Å². The van der Waals surface area contributed by atoms with Gasteiger partial charge in [-0.15, -0.1) is 11.3 Å². The molecule has 2 aromatic heterocycles. The number of ether oxygens (including phenoxy) is 1. The molecular weight excluding hydrogens is 600 g/mol. The van der Waals surface area contributed by atoms with Gasteiger partial charge in [0.1, 0.15) is 11.1 Å². The summed E-state index contributed by atoms with van der Waals surface area (Å²) in [6, 6.07) is 20.6. The van der Waals surface area contributed by atoms with Crippen molar-refractivity contribution in [2.24, 2.45) is 0 Å². The van der Waals surface area contributed by atoms with Gasteiger partial charge in [0.25, 0.3) is 0 Å². The molecule has 0 unspecified atom stereocenters. The molecule has 3 aromatic carbocycles. The van der Waals surface area contributed by atoms with Crippen LogP contribution in [0.3, 0.4) is 0 Å². The zero-order valence-corrected chi connectivity index (χ0v) is 28.3. The minimum absolute atomic E-state index is 0.0348. The van der Waals surface area contributed by atoms with Crippen LogP contribution < -0.4 is 4.90 Å². The fraction of sp³-hybridized carbons (Fsp3) is 0.324. The number of nitrogens with zero attached hydrogens (tertiary/aromatic N) is 4. The van der Waals surface area contributed by atoms with E-state index in [1.807, 2.05) is 64.4 Å². The molecule has 5 aromatic rings. The number of pyridine rings is 1. The maximum absolute atomic E-state index is 13.1. The smallest absolute Gasteiger partial charge is 0.163 e. The van der Waals surface area contributed by atoms with Crippen LogP contribution in [0.5, 0.6) is 0 Å². The van der Waals surface area contributed by atoms with Gasteiger partial charge in [-0.05, 0) is 88.7 Å². The molecule has 232 valence electrons. The lowest BCUT2D eigenvalue weighted by Gasteiger charge is -2.34. The average molecular weight is 639 g/mol. The van der Waals surface area contributed by atoms with E-state index in [0.29, 0.717) is 5.02 Å². The quantitative estimate of drug-likeness (QED) is 0.177. The zero-order valence-electron chi connectivity index (χ0n) is 26.7. The van der Waals surface area contributed by atoms with Crippen LogP contribution in [0.2, 0.25) is 5.02 Å². The number of fused-ring (bicyclic) bond motifs is 1. The van der Waals surface area contributed by atoms with E-state index in [9.17, 15) is 4.79 Å². The molecule has 1 aliphatic heterocycles. The molecular formula is C37H39ClN4O2S. The van der Waals surface area contributed by atoms with Gasteiger partial charge in [0.2, 0.25) is 0 Å². The number of aromatic nitrogens is 2. The molecule has 0 N–H and O–H groups in total. The minimum Gasteiger partial charge on any atom is -0.368 e. The summed E-state index contributed by atoms with van der Waals surface area (Å²) >= 11 is 7.94. The summed E-state index contributed by atoms with van der Waals surface area (Å²) in [6.07, 6.45) is 3.18. The van der Waals surface area contributed by atoms with Gasteiger partial charge >= 0.3 is 0 Å². The third kappa shape index (κ3) is 6.82. The van der Waals surface area contributed by atoms with Crippen LogP contribution in [0, 0.1) is 6.92 Å². The maximum atomic E-state index is 13.1. The summed E-state index contributed by atoms with van der Waals surface area (Å²) in [7, 11) is 2.17. The first-order chi connectivity index (χ1) is 21.5. The largest absolute Gasteiger partial charge is 0.368 e. The highest BCUT2D eigenvalue weighted by Crippen LogP contribution is 2.45. The predicted molar refractivity (Wildman–Crippen MR) is 187 cm³/mol. The van der Waals surface area contributed by atoms with E-state index in [1.54, 1.807) is 18.3 Å². The summed E-state index contributed by atoms with van der Waals surface area (Å²) in [5.41, 5.74) is 8.54. The number of piperazine rings is 1. The Labute approximate surface area is 274 Å². The van der Waals surface area contributed by atoms with E-state index in [0.717, 1.165) is 86.0 Å². The highest BCUT2D eigenvalue weighted by molar-refractivity contribution is 7.22. The van der Waals surface area contributed by atoms with Gasteiger partial charge in [0.05, 0.1) is 27.7 Å². The SMILES string of the molecule is CC(=O)[C@@H](OC(C)(C)C)c1c(C)cc2nc(-c3cccc(-c4cncc(N5CCN(C)CC5)c4)c3)sc2c1-c1ccc(Cl)cc1. The number of aryl methyl sites for hydroxylation is 1. The molecule has 0 saturated carbocycles. The van der Waals surface area contributed by atoms with Crippen molar-refractivity contribution in [3.63, 3.8) is 0 Å². The number of anilines is 1. The van der Waals surface area contributed by atoms with Gasteiger partial charge in [-0.2, -0.15) is 0 Å². The summed E-state index contributed by atoms with van der Waals surface area (Å²) in [5.74, 6) is -0.0348. The molecule has 0 radical (unpaired) electrons. The molecule has 6 rings (SSSR count). The number of Topliss-reactive ketones (excluding diaryl/α,β-unsaturated/α-hetero) is 1. The number of rotatable bonds is 7. The first-order valence-electron chi connectivity index (χ1n) is 15.3. The van der Waals surface area contributed by atoms with Crippen molar-refractivity contribution in [2.45, 2.75) is 46.3 Å². The number of hydrogen-bond donors (Lipinski definition) is 0. The van der Waals surface area contributed by atoms with Crippen molar-refractivity contribution in [3.05, 3.63) is 89.2 Å². The predicted octanol–water partition coefficient (Wildman–Crippen LogP) is 8.85. The number of halogens is 1. The van der Waals surface area contributed by atoms with Gasteiger partial charge in [0, 0.05) is 59.7 Å². The van der Waals surface area contributed by atoms with Crippen LogP contribution in [0.15, 0.2) is 73.1 Å². The number of benzene rings is 3. The Hall–Kier alpha value is -3.62. The van der Waals surface area contributed by atoms with Crippen molar-refractivity contribution >= 4 is 44.6 Å². The monoisotopic (exact) mass is 638 g/mol. The molecule has 1 atom stereocenters. The van der Waals surface area contributed by atoms with Crippen LogP contribution in [0.4, 0.5) is 5.69 Å². The standard InChI is InChI=1S/C37H39ClN4O2S/c1-23-18-31-35(33(25-10-12-29(38)13-11-25)32(23)34(24(2)43)44-37(3,4)5)45-36(40-31)27-9-7-8-26(19-27)28-20-30(22-39-21-28)42-16-14-41(6)15-17-42/h7-13,18-22,34H,14-17H2,1-6H3/t34-/m1/s1. The number of likely N-dealkylation sites (N-methyl/N-ethyl adjacent to an activating group) is 1. The van der Waals surface area contributed by atoms with Crippen LogP contribution in [-0.4, -0.2) is 59.5 Å². The van der Waals surface area contributed by atoms with Gasteiger partial charge in [0.15, 0.2) is 5.78 Å². The van der Waals surface area contributed by atoms with Gasteiger partial charge < -0.3 is 14.5 Å². The van der Waals surface area contributed by atoms with Crippen LogP contribution in [0.25, 0.3) is 43.0 Å². The van der Waals surface area contributed by atoms with E-state index in [1.165, 1.54) is 0 Å². The van der Waals surface area contributed by atoms with Crippen molar-refractivity contribution in [2.75, 3.05) is 38.1 Å². The topological polar surface area (TPSA) is 58.6 Å². The van der Waals surface area contributed by atoms with Gasteiger partial charge in [-0.1, -0.05) is 41.9 Å². The fourth-order valence-corrected chi connectivity index (χ4v) is 7.18. The molecule has 0 amide bonds. The Bertz CT molecular complexity index is 1850. The van der Waals surface area contributed by atoms with E-state index in [-0.39, 0.29) is 5.78 Å². The number of ketones is 1. The summed E-state index contributed by atoms with van der Waals surface area (Å²) in [4.78, 5) is 27.6. The third-order valence-electron chi connectivity index (χ3n) is 8.20. The fourth-order valence-electron chi connectivity index (χ4n) is 5.93. The Kier molecular flexibility index (Phi) is 8.81. The first kappa shape index (κ1) is 31.4. The highest BCUT2D eigenvalue weighted by Gasteiger charge is 2.30. The Morgan fingerprint density at radius 2 is 1.64 bits per heavy atom. The molecule has 3 heterocycles. The van der Waals surface area contributed by atoms with Crippen molar-refractivity contribution < 1.29 is 9.53 Å². The van der Waals surface area contributed by atoms with Gasteiger partial charge in [-0.25, -0.2) is 4.98 Å². The van der Waals surface area contributed by atoms with E-state index < -0.39 is 11.7 Å². The molecule has 1 aliphatic rings. The second kappa shape index (κ2) is 12.6. The maximum Gasteiger partial charge on any atom is 0.163 e. The number of carbonyl (C=O) groups excluding carboxylic acids is 1. The summed E-state index contributed by atoms with van der Waals surface area (Å²) < 4.78 is 7.43. The summed E-state index contributed by atoms with van der Waals surface area (Å²) in [5, 5.41) is 1.57. The molecule has 45 heavy (non-hydrogen) atoms. The van der Waals surface area contributed by atoms with E-state index in [4.69, 9.17) is 21.3 Å². The second-order valence-electron chi connectivity index (χ2n) is 12.9. The lowest BCUT2D eigenvalue weighted by atomic mass is 9.90. The van der Waals surface area contributed by atoms with Crippen LogP contribution >= 0.6 is 22.9 Å². The molecule has 0 aliphatic carbocycles. The average Bonchev–Trinajstić information content (AvgIpc) is 3.43. The molecule has 8 heteroatoms. The summed E-state index contributed by atoms with van der Waals surface area (Å²) in [6.45, 7) is 13.7. The van der Waals surface area contributed by atoms with Gasteiger partial charge in [-0.3, -0.25) is 9.78 Å². The minimum atomic E-state index is -0.714. The highest BCUT2D eigenvalue weighted by atomic mass is 35.5. The lowest BCUT2D eigenvalue weighted by Crippen LogP contribution is -2.44. The van der Waals surface area contributed by atoms with Crippen molar-refractivity contribution in [1.82, 2.24) is 14.9 Å². The number of hydrogen-bond acceptors (Lipinski definition) is 7. The Balaban J connectivity index is 1.45. The van der Waals surface area contributed by atoms with Crippen molar-refractivity contribution in [3.8, 4) is 32.8 Å². The number of carbonyl (C=O) groups is 1. The molecule has 1 fully saturated rings. The van der Waals surface area contributed by atoms with E-state index >= 15 is 0 Å². The third-order valence-corrected chi connectivity index (χ3v) is 9.59. The normalized spacial score (nSPS) is 15.0. The van der Waals surface area contributed by atoms with Crippen LogP contribution in [-0.2, 0) is 9.53 Å². The first-order valence-corrected chi connectivity index (χ1v) is 16.5. The lowest BCUT2D eigenvalue weighted by molar-refractivity contribution is -0.138. The Morgan fingerprint density at radius 3 is 2.33 bits per heavy atom. The number of thiazole rings is 1. The second-order valence-corrected chi connectivity index (χ2v) is 14.3. The molecule has 1 saturated heterocycles. The molecule has 0 bridgehead atoms.